The van der Waals surface area contributed by atoms with Crippen LogP contribution in [0.25, 0.3) is 0 Å². The maximum Gasteiger partial charge on any atom is 0.215 e. The molecule has 2 heterocycles. The average Bonchev–Trinajstić information content (AvgIpc) is 2.96. The number of carbonyl (C=O) groups excluding carboxylic acids is 1. The summed E-state index contributed by atoms with van der Waals surface area (Å²) in [6.07, 6.45) is 4.08. The van der Waals surface area contributed by atoms with Crippen molar-refractivity contribution in [3.05, 3.63) is 18.3 Å². The first-order valence-electron chi connectivity index (χ1n) is 9.84. The predicted molar refractivity (Wildman–Crippen MR) is 109 cm³/mol. The summed E-state index contributed by atoms with van der Waals surface area (Å²) in [5.74, 6) is 1.37. The number of piperazine rings is 1. The predicted octanol–water partition coefficient (Wildman–Crippen LogP) is 0.187. The molecule has 6 nitrogen and oxygen atoms in total. The molecule has 2 aliphatic carbocycles. The summed E-state index contributed by atoms with van der Waals surface area (Å²) < 4.78 is 28.0. The van der Waals surface area contributed by atoms with Gasteiger partial charge in [-0.2, -0.15) is 4.31 Å². The third-order valence-corrected chi connectivity index (χ3v) is 9.43. The van der Waals surface area contributed by atoms with Crippen LogP contribution >= 0.6 is 0 Å². The van der Waals surface area contributed by atoms with Gasteiger partial charge in [0, 0.05) is 44.2 Å². The second-order valence-corrected chi connectivity index (χ2v) is 11.0. The van der Waals surface area contributed by atoms with Crippen molar-refractivity contribution >= 4 is 34.9 Å². The van der Waals surface area contributed by atoms with Crippen LogP contribution in [0.15, 0.2) is 18.3 Å². The van der Waals surface area contributed by atoms with E-state index in [4.69, 9.17) is 0 Å². The second-order valence-electron chi connectivity index (χ2n) is 9.00. The van der Waals surface area contributed by atoms with Crippen LogP contribution in [-0.4, -0.2) is 63.3 Å². The van der Waals surface area contributed by atoms with Gasteiger partial charge in [-0.25, -0.2) is 13.4 Å². The zero-order chi connectivity index (χ0) is 19.4. The highest BCUT2D eigenvalue weighted by Crippen LogP contribution is 2.64. The molecular weight excluding hydrogens is 361 g/mol. The zero-order valence-electron chi connectivity index (χ0n) is 16.4. The first-order chi connectivity index (χ1) is 12.7. The number of nitrogens with zero attached hydrogens (tertiary/aromatic N) is 3. The molecule has 0 aromatic carbocycles. The van der Waals surface area contributed by atoms with E-state index in [0.717, 1.165) is 24.1 Å². The Morgan fingerprint density at radius 1 is 1.22 bits per heavy atom. The van der Waals surface area contributed by atoms with Gasteiger partial charge in [0.05, 0.1) is 5.75 Å². The van der Waals surface area contributed by atoms with Gasteiger partial charge in [0.1, 0.15) is 19.4 Å². The van der Waals surface area contributed by atoms with E-state index in [1.807, 2.05) is 26.2 Å². The number of ketones is 1. The van der Waals surface area contributed by atoms with Crippen LogP contribution in [0.4, 0.5) is 5.82 Å². The SMILES string of the molecule is Bc1ccc(N2CCN(S(=O)(=O)C[C@]34CC[C@H](CC3=O)C4(C)C)CC2)nc1. The van der Waals surface area contributed by atoms with E-state index in [0.29, 0.717) is 38.5 Å². The summed E-state index contributed by atoms with van der Waals surface area (Å²) in [5.41, 5.74) is 0.203. The number of fused-ring (bicyclic) bond motifs is 2. The Hall–Kier alpha value is -1.41. The maximum absolute atomic E-state index is 13.2. The lowest BCUT2D eigenvalue weighted by molar-refractivity contribution is -0.128. The summed E-state index contributed by atoms with van der Waals surface area (Å²) in [7, 11) is -1.46. The monoisotopic (exact) mass is 389 g/mol. The van der Waals surface area contributed by atoms with E-state index in [2.05, 4.69) is 23.7 Å². The standard InChI is InChI=1S/C19H28BN3O3S/c1-18(2)14-5-6-19(18,16(24)11-14)13-27(25,26)23-9-7-22(8-10-23)17-4-3-15(20)12-21-17/h3-4,12,14H,5-11,13,20H2,1-2H3/t14-,19-/m1/s1. The molecular formula is C19H28BN3O3S. The molecule has 3 aliphatic rings. The summed E-state index contributed by atoms with van der Waals surface area (Å²) in [6, 6.07) is 4.01. The highest BCUT2D eigenvalue weighted by Gasteiger charge is 2.65. The second kappa shape index (κ2) is 6.31. The molecule has 8 heteroatoms. The van der Waals surface area contributed by atoms with E-state index in [9.17, 15) is 13.2 Å². The van der Waals surface area contributed by atoms with Gasteiger partial charge in [-0.15, -0.1) is 0 Å². The Kier molecular flexibility index (Phi) is 4.42. The van der Waals surface area contributed by atoms with Gasteiger partial charge in [-0.05, 0) is 30.2 Å². The number of hydrogen-bond acceptors (Lipinski definition) is 5. The van der Waals surface area contributed by atoms with Gasteiger partial charge >= 0.3 is 0 Å². The molecule has 0 N–H and O–H groups in total. The van der Waals surface area contributed by atoms with Crippen molar-refractivity contribution in [1.29, 1.82) is 0 Å². The Balaban J connectivity index is 1.46. The lowest BCUT2D eigenvalue weighted by Gasteiger charge is -2.40. The number of anilines is 1. The average molecular weight is 389 g/mol. The van der Waals surface area contributed by atoms with E-state index in [-0.39, 0.29) is 17.0 Å². The Morgan fingerprint density at radius 2 is 1.93 bits per heavy atom. The first kappa shape index (κ1) is 18.9. The number of Topliss-reactive ketones (excluding diaryl/α,β-unsaturated/α-hetero) is 1. The third-order valence-electron chi connectivity index (χ3n) is 7.42. The lowest BCUT2D eigenvalue weighted by atomic mass is 9.70. The molecule has 3 fully saturated rings. The number of pyridine rings is 1. The molecule has 1 saturated heterocycles. The normalized spacial score (nSPS) is 30.8. The van der Waals surface area contributed by atoms with Crippen LogP contribution in [0.5, 0.6) is 0 Å². The van der Waals surface area contributed by atoms with Crippen molar-refractivity contribution in [2.24, 2.45) is 16.7 Å². The minimum atomic E-state index is -3.46. The fourth-order valence-electron chi connectivity index (χ4n) is 5.35. The van der Waals surface area contributed by atoms with Crippen LogP contribution in [0.1, 0.15) is 33.1 Å². The highest BCUT2D eigenvalue weighted by atomic mass is 32.2. The van der Waals surface area contributed by atoms with Crippen molar-refractivity contribution in [2.75, 3.05) is 36.8 Å². The van der Waals surface area contributed by atoms with E-state index < -0.39 is 15.4 Å². The molecule has 0 radical (unpaired) electrons. The Morgan fingerprint density at radius 3 is 2.44 bits per heavy atom. The molecule has 4 rings (SSSR count). The van der Waals surface area contributed by atoms with Gasteiger partial charge in [-0.1, -0.05) is 25.4 Å². The third kappa shape index (κ3) is 2.92. The Bertz CT molecular complexity index is 847. The molecule has 0 spiro atoms. The number of aromatic nitrogens is 1. The first-order valence-corrected chi connectivity index (χ1v) is 11.5. The van der Waals surface area contributed by atoms with Crippen LogP contribution in [0.2, 0.25) is 0 Å². The number of rotatable bonds is 4. The molecule has 1 aromatic heterocycles. The smallest absolute Gasteiger partial charge is 0.215 e. The molecule has 2 bridgehead atoms. The Labute approximate surface area is 162 Å². The van der Waals surface area contributed by atoms with Gasteiger partial charge in [0.25, 0.3) is 0 Å². The molecule has 146 valence electrons. The van der Waals surface area contributed by atoms with Crippen LogP contribution < -0.4 is 10.4 Å². The minimum absolute atomic E-state index is 0.0227. The van der Waals surface area contributed by atoms with E-state index in [1.54, 1.807) is 4.31 Å². The fraction of sp³-hybridized carbons (Fsp3) is 0.684. The van der Waals surface area contributed by atoms with E-state index in [1.165, 1.54) is 0 Å². The van der Waals surface area contributed by atoms with Crippen LogP contribution in [0.3, 0.4) is 0 Å². The largest absolute Gasteiger partial charge is 0.354 e. The topological polar surface area (TPSA) is 70.6 Å². The molecule has 2 saturated carbocycles. The fourth-order valence-corrected chi connectivity index (χ4v) is 7.56. The van der Waals surface area contributed by atoms with Crippen molar-refractivity contribution in [3.63, 3.8) is 0 Å². The van der Waals surface area contributed by atoms with Gasteiger partial charge in [-0.3, -0.25) is 4.79 Å². The zero-order valence-corrected chi connectivity index (χ0v) is 17.3. The van der Waals surface area contributed by atoms with Crippen molar-refractivity contribution in [3.8, 4) is 0 Å². The van der Waals surface area contributed by atoms with Crippen molar-refractivity contribution in [1.82, 2.24) is 9.29 Å². The summed E-state index contributed by atoms with van der Waals surface area (Å²) in [5, 5.41) is 0. The van der Waals surface area contributed by atoms with Crippen LogP contribution in [0, 0.1) is 16.7 Å². The van der Waals surface area contributed by atoms with Gasteiger partial charge in [0.15, 0.2) is 0 Å². The number of carbonyl (C=O) groups is 1. The molecule has 1 aliphatic heterocycles. The van der Waals surface area contributed by atoms with Crippen molar-refractivity contribution < 1.29 is 13.2 Å². The van der Waals surface area contributed by atoms with E-state index >= 15 is 0 Å². The molecule has 2 atom stereocenters. The van der Waals surface area contributed by atoms with Gasteiger partial charge in [0.2, 0.25) is 10.0 Å². The summed E-state index contributed by atoms with van der Waals surface area (Å²) in [6.45, 7) is 6.33. The summed E-state index contributed by atoms with van der Waals surface area (Å²) in [4.78, 5) is 19.3. The molecule has 27 heavy (non-hydrogen) atoms. The maximum atomic E-state index is 13.2. The highest BCUT2D eigenvalue weighted by molar-refractivity contribution is 7.89. The lowest BCUT2D eigenvalue weighted by Crippen LogP contribution is -2.53. The van der Waals surface area contributed by atoms with Gasteiger partial charge < -0.3 is 4.90 Å². The molecule has 1 aromatic rings. The molecule has 0 unspecified atom stereocenters. The number of sulfonamides is 1. The number of hydrogen-bond donors (Lipinski definition) is 0. The van der Waals surface area contributed by atoms with Crippen LogP contribution in [-0.2, 0) is 14.8 Å². The molecule has 0 amide bonds. The summed E-state index contributed by atoms with van der Waals surface area (Å²) >= 11 is 0. The minimum Gasteiger partial charge on any atom is -0.354 e. The quantitative estimate of drug-likeness (QED) is 0.688. The van der Waals surface area contributed by atoms with Crippen molar-refractivity contribution in [2.45, 2.75) is 33.1 Å².